The van der Waals surface area contributed by atoms with Crippen molar-refractivity contribution in [2.45, 2.75) is 6.54 Å². The van der Waals surface area contributed by atoms with Crippen molar-refractivity contribution >= 4 is 5.69 Å². The topological polar surface area (TPSA) is 74.6 Å². The molecule has 0 saturated carbocycles. The number of nitrogens with one attached hydrogen (secondary N) is 3. The van der Waals surface area contributed by atoms with Gasteiger partial charge in [-0.25, -0.2) is 0 Å². The SMILES string of the molecule is COc1ccc(N)cc1CN1CCNCCNCCNCC1. The van der Waals surface area contributed by atoms with Crippen LogP contribution < -0.4 is 26.4 Å². The predicted molar refractivity (Wildman–Crippen MR) is 91.3 cm³/mol. The molecule has 1 aliphatic rings. The molecule has 1 aromatic rings. The fourth-order valence-electron chi connectivity index (χ4n) is 2.64. The van der Waals surface area contributed by atoms with Gasteiger partial charge < -0.3 is 26.4 Å². The average Bonchev–Trinajstić information content (AvgIpc) is 2.50. The van der Waals surface area contributed by atoms with Gasteiger partial charge in [0.15, 0.2) is 0 Å². The Morgan fingerprint density at radius 1 is 1.00 bits per heavy atom. The Balaban J connectivity index is 1.96. The minimum absolute atomic E-state index is 0.785. The molecule has 0 radical (unpaired) electrons. The third-order valence-electron chi connectivity index (χ3n) is 3.87. The monoisotopic (exact) mass is 307 g/mol. The Labute approximate surface area is 133 Å². The lowest BCUT2D eigenvalue weighted by Crippen LogP contribution is -2.41. The molecular weight excluding hydrogens is 278 g/mol. The molecule has 5 N–H and O–H groups in total. The molecule has 0 atom stereocenters. The number of methoxy groups -OCH3 is 1. The van der Waals surface area contributed by atoms with Gasteiger partial charge in [0.1, 0.15) is 5.75 Å². The van der Waals surface area contributed by atoms with Crippen molar-refractivity contribution in [2.24, 2.45) is 0 Å². The number of nitrogens with zero attached hydrogens (tertiary/aromatic N) is 1. The molecule has 0 unspecified atom stereocenters. The quantitative estimate of drug-likeness (QED) is 0.583. The minimum atomic E-state index is 0.785. The molecule has 0 aliphatic carbocycles. The highest BCUT2D eigenvalue weighted by molar-refractivity contribution is 5.47. The Hall–Kier alpha value is -1.34. The lowest BCUT2D eigenvalue weighted by atomic mass is 10.1. The standard InChI is InChI=1S/C16H29N5O/c1-22-16-3-2-15(17)12-14(16)13-21-10-8-19-6-4-18-5-7-20-9-11-21/h2-3,12,18-20H,4-11,13,17H2,1H3. The number of hydrogen-bond donors (Lipinski definition) is 4. The van der Waals surface area contributed by atoms with Gasteiger partial charge in [-0.3, -0.25) is 4.90 Å². The van der Waals surface area contributed by atoms with Crippen molar-refractivity contribution in [1.82, 2.24) is 20.9 Å². The predicted octanol–water partition coefficient (Wildman–Crippen LogP) is -0.138. The number of nitrogen functional groups attached to an aromatic ring is 1. The maximum Gasteiger partial charge on any atom is 0.123 e. The van der Waals surface area contributed by atoms with Crippen LogP contribution in [0, 0.1) is 0 Å². The van der Waals surface area contributed by atoms with Crippen molar-refractivity contribution in [3.05, 3.63) is 23.8 Å². The van der Waals surface area contributed by atoms with Gasteiger partial charge in [-0.1, -0.05) is 0 Å². The van der Waals surface area contributed by atoms with Gasteiger partial charge in [0, 0.05) is 70.2 Å². The maximum atomic E-state index is 5.92. The summed E-state index contributed by atoms with van der Waals surface area (Å²) in [5, 5.41) is 10.4. The lowest BCUT2D eigenvalue weighted by molar-refractivity contribution is 0.259. The number of hydrogen-bond acceptors (Lipinski definition) is 6. The van der Waals surface area contributed by atoms with Crippen LogP contribution in [-0.2, 0) is 6.54 Å². The molecule has 22 heavy (non-hydrogen) atoms. The zero-order chi connectivity index (χ0) is 15.6. The third kappa shape index (κ3) is 5.81. The van der Waals surface area contributed by atoms with Crippen LogP contribution in [0.2, 0.25) is 0 Å². The molecule has 1 heterocycles. The van der Waals surface area contributed by atoms with Crippen LogP contribution in [0.3, 0.4) is 0 Å². The van der Waals surface area contributed by atoms with Crippen LogP contribution in [0.5, 0.6) is 5.75 Å². The van der Waals surface area contributed by atoms with E-state index in [4.69, 9.17) is 10.5 Å². The number of ether oxygens (including phenoxy) is 1. The first-order valence-electron chi connectivity index (χ1n) is 8.06. The van der Waals surface area contributed by atoms with Crippen LogP contribution >= 0.6 is 0 Å². The van der Waals surface area contributed by atoms with E-state index in [0.29, 0.717) is 0 Å². The van der Waals surface area contributed by atoms with Crippen molar-refractivity contribution in [1.29, 1.82) is 0 Å². The maximum absolute atomic E-state index is 5.92. The molecule has 0 bridgehead atoms. The summed E-state index contributed by atoms with van der Waals surface area (Å²) < 4.78 is 5.46. The average molecular weight is 307 g/mol. The Kier molecular flexibility index (Phi) is 7.45. The highest BCUT2D eigenvalue weighted by Crippen LogP contribution is 2.22. The van der Waals surface area contributed by atoms with Crippen LogP contribution in [0.25, 0.3) is 0 Å². The van der Waals surface area contributed by atoms with Gasteiger partial charge in [-0.15, -0.1) is 0 Å². The smallest absolute Gasteiger partial charge is 0.123 e. The zero-order valence-corrected chi connectivity index (χ0v) is 13.5. The van der Waals surface area contributed by atoms with E-state index in [2.05, 4.69) is 20.9 Å². The lowest BCUT2D eigenvalue weighted by Gasteiger charge is -2.24. The summed E-state index contributed by atoms with van der Waals surface area (Å²) >= 11 is 0. The van der Waals surface area contributed by atoms with Crippen LogP contribution in [0.4, 0.5) is 5.69 Å². The summed E-state index contributed by atoms with van der Waals surface area (Å²) in [5.74, 6) is 0.908. The molecule has 2 rings (SSSR count). The summed E-state index contributed by atoms with van der Waals surface area (Å²) in [7, 11) is 1.71. The molecule has 1 aromatic carbocycles. The molecule has 1 fully saturated rings. The molecule has 124 valence electrons. The second-order valence-corrected chi connectivity index (χ2v) is 5.60. The number of benzene rings is 1. The molecule has 0 aromatic heterocycles. The van der Waals surface area contributed by atoms with Crippen molar-refractivity contribution in [2.75, 3.05) is 65.2 Å². The van der Waals surface area contributed by atoms with Gasteiger partial charge in [0.2, 0.25) is 0 Å². The van der Waals surface area contributed by atoms with E-state index in [1.807, 2.05) is 18.2 Å². The fraction of sp³-hybridized carbons (Fsp3) is 0.625. The van der Waals surface area contributed by atoms with Gasteiger partial charge in [-0.05, 0) is 18.2 Å². The Morgan fingerprint density at radius 2 is 1.59 bits per heavy atom. The number of nitrogens with two attached hydrogens (primary N) is 1. The molecule has 6 nitrogen and oxygen atoms in total. The fourth-order valence-corrected chi connectivity index (χ4v) is 2.64. The second kappa shape index (κ2) is 9.63. The Morgan fingerprint density at radius 3 is 2.18 bits per heavy atom. The largest absolute Gasteiger partial charge is 0.496 e. The van der Waals surface area contributed by atoms with E-state index in [-0.39, 0.29) is 0 Å². The van der Waals surface area contributed by atoms with Gasteiger partial charge in [-0.2, -0.15) is 0 Å². The number of anilines is 1. The summed E-state index contributed by atoms with van der Waals surface area (Å²) in [6.07, 6.45) is 0. The summed E-state index contributed by atoms with van der Waals surface area (Å²) in [6, 6.07) is 5.85. The van der Waals surface area contributed by atoms with Gasteiger partial charge >= 0.3 is 0 Å². The molecule has 6 heteroatoms. The number of rotatable bonds is 3. The van der Waals surface area contributed by atoms with Crippen LogP contribution in [-0.4, -0.2) is 64.4 Å². The van der Waals surface area contributed by atoms with Gasteiger partial charge in [0.25, 0.3) is 0 Å². The third-order valence-corrected chi connectivity index (χ3v) is 3.87. The van der Waals surface area contributed by atoms with Crippen molar-refractivity contribution < 1.29 is 4.74 Å². The van der Waals surface area contributed by atoms with Crippen molar-refractivity contribution in [3.63, 3.8) is 0 Å². The molecular formula is C16H29N5O. The second-order valence-electron chi connectivity index (χ2n) is 5.60. The highest BCUT2D eigenvalue weighted by atomic mass is 16.5. The van der Waals surface area contributed by atoms with E-state index < -0.39 is 0 Å². The molecule has 0 spiro atoms. The minimum Gasteiger partial charge on any atom is -0.496 e. The van der Waals surface area contributed by atoms with E-state index >= 15 is 0 Å². The summed E-state index contributed by atoms with van der Waals surface area (Å²) in [5.41, 5.74) is 7.86. The molecule has 1 aliphatic heterocycles. The molecule has 1 saturated heterocycles. The van der Waals surface area contributed by atoms with Crippen LogP contribution in [0.15, 0.2) is 18.2 Å². The van der Waals surface area contributed by atoms with E-state index in [0.717, 1.165) is 75.9 Å². The first kappa shape index (κ1) is 17.0. The molecule has 0 amide bonds. The summed E-state index contributed by atoms with van der Waals surface area (Å²) in [6.45, 7) is 8.92. The van der Waals surface area contributed by atoms with E-state index in [1.54, 1.807) is 7.11 Å². The first-order chi connectivity index (χ1) is 10.8. The van der Waals surface area contributed by atoms with E-state index in [1.165, 1.54) is 0 Å². The zero-order valence-electron chi connectivity index (χ0n) is 13.5. The normalized spacial score (nSPS) is 19.1. The first-order valence-corrected chi connectivity index (χ1v) is 8.06. The summed E-state index contributed by atoms with van der Waals surface area (Å²) in [4.78, 5) is 2.44. The van der Waals surface area contributed by atoms with Gasteiger partial charge in [0.05, 0.1) is 7.11 Å². The highest BCUT2D eigenvalue weighted by Gasteiger charge is 2.10. The van der Waals surface area contributed by atoms with Crippen LogP contribution in [0.1, 0.15) is 5.56 Å². The van der Waals surface area contributed by atoms with E-state index in [9.17, 15) is 0 Å². The Bertz CT molecular complexity index is 429. The van der Waals surface area contributed by atoms with Crippen molar-refractivity contribution in [3.8, 4) is 5.75 Å².